The Hall–Kier alpha value is -3.90. The maximum absolute atomic E-state index is 12.3. The molecule has 154 valence electrons. The molecule has 0 saturated heterocycles. The van der Waals surface area contributed by atoms with Gasteiger partial charge in [-0.3, -0.25) is 9.89 Å². The van der Waals surface area contributed by atoms with Gasteiger partial charge in [0.15, 0.2) is 0 Å². The predicted molar refractivity (Wildman–Crippen MR) is 121 cm³/mol. The number of halogens is 1. The van der Waals surface area contributed by atoms with Crippen LogP contribution in [0.5, 0.6) is 5.75 Å². The molecule has 1 aromatic heterocycles. The van der Waals surface area contributed by atoms with Gasteiger partial charge in [0.05, 0.1) is 11.9 Å². The van der Waals surface area contributed by atoms with Crippen LogP contribution in [0.2, 0.25) is 5.02 Å². The Morgan fingerprint density at radius 3 is 2.68 bits per heavy atom. The third kappa shape index (κ3) is 5.38. The van der Waals surface area contributed by atoms with Gasteiger partial charge in [-0.1, -0.05) is 72.3 Å². The van der Waals surface area contributed by atoms with Crippen LogP contribution in [0.3, 0.4) is 0 Å². The summed E-state index contributed by atoms with van der Waals surface area (Å²) >= 11 is 6.07. The lowest BCUT2D eigenvalue weighted by atomic mass is 10.1. The van der Waals surface area contributed by atoms with Crippen molar-refractivity contribution in [3.05, 3.63) is 107 Å². The van der Waals surface area contributed by atoms with Gasteiger partial charge >= 0.3 is 0 Å². The van der Waals surface area contributed by atoms with Crippen molar-refractivity contribution >= 4 is 23.7 Å². The summed E-state index contributed by atoms with van der Waals surface area (Å²) in [5.74, 6) is 0.318. The Kier molecular flexibility index (Phi) is 6.40. The normalized spacial score (nSPS) is 10.9. The molecule has 0 bridgehead atoms. The first kappa shape index (κ1) is 20.4. The summed E-state index contributed by atoms with van der Waals surface area (Å²) in [5.41, 5.74) is 6.02. The highest BCUT2D eigenvalue weighted by atomic mass is 35.5. The van der Waals surface area contributed by atoms with Gasteiger partial charge in [0, 0.05) is 16.1 Å². The summed E-state index contributed by atoms with van der Waals surface area (Å²) in [6.45, 7) is 0.474. The Balaban J connectivity index is 1.40. The van der Waals surface area contributed by atoms with E-state index in [0.29, 0.717) is 28.6 Å². The van der Waals surface area contributed by atoms with E-state index in [-0.39, 0.29) is 0 Å². The van der Waals surface area contributed by atoms with E-state index < -0.39 is 5.91 Å². The molecule has 3 aromatic carbocycles. The van der Waals surface area contributed by atoms with Gasteiger partial charge < -0.3 is 4.74 Å². The van der Waals surface area contributed by atoms with Gasteiger partial charge in [-0.05, 0) is 29.8 Å². The van der Waals surface area contributed by atoms with E-state index in [1.807, 2.05) is 66.7 Å². The maximum Gasteiger partial charge on any atom is 0.289 e. The van der Waals surface area contributed by atoms with Crippen LogP contribution in [0, 0.1) is 0 Å². The number of hydrazone groups is 1. The molecule has 0 atom stereocenters. The number of carbonyl (C=O) groups excluding carboxylic acids is 1. The van der Waals surface area contributed by atoms with E-state index in [2.05, 4.69) is 20.7 Å². The van der Waals surface area contributed by atoms with E-state index in [1.165, 1.54) is 6.21 Å². The number of ether oxygens (including phenoxy) is 1. The molecule has 7 heteroatoms. The molecule has 1 heterocycles. The molecule has 0 fully saturated rings. The number of nitrogens with zero attached hydrogens (tertiary/aromatic N) is 2. The smallest absolute Gasteiger partial charge is 0.289 e. The molecule has 0 radical (unpaired) electrons. The SMILES string of the molecule is O=C(N/N=C\c1ccccc1Cl)c1cc(-c2cccc(OCc3ccccc3)c2)n[nH]1. The largest absolute Gasteiger partial charge is 0.489 e. The monoisotopic (exact) mass is 430 g/mol. The van der Waals surface area contributed by atoms with Crippen LogP contribution in [-0.4, -0.2) is 22.3 Å². The summed E-state index contributed by atoms with van der Waals surface area (Å²) in [7, 11) is 0. The van der Waals surface area contributed by atoms with E-state index in [0.717, 1.165) is 16.9 Å². The van der Waals surface area contributed by atoms with E-state index >= 15 is 0 Å². The third-order valence-electron chi connectivity index (χ3n) is 4.48. The summed E-state index contributed by atoms with van der Waals surface area (Å²) in [5, 5.41) is 11.5. The van der Waals surface area contributed by atoms with Crippen LogP contribution < -0.4 is 10.2 Å². The fourth-order valence-electron chi connectivity index (χ4n) is 2.87. The second-order valence-corrected chi connectivity index (χ2v) is 7.10. The van der Waals surface area contributed by atoms with Gasteiger partial charge in [-0.25, -0.2) is 5.43 Å². The lowest BCUT2D eigenvalue weighted by Gasteiger charge is -2.07. The average Bonchev–Trinajstić information content (AvgIpc) is 3.30. The number of amides is 1. The molecule has 1 amide bonds. The molecular weight excluding hydrogens is 412 g/mol. The van der Waals surface area contributed by atoms with Gasteiger partial charge in [-0.15, -0.1) is 0 Å². The average molecular weight is 431 g/mol. The minimum Gasteiger partial charge on any atom is -0.489 e. The minimum atomic E-state index is -0.404. The number of aromatic amines is 1. The Bertz CT molecular complexity index is 1200. The zero-order valence-corrected chi connectivity index (χ0v) is 17.2. The predicted octanol–water partition coefficient (Wildman–Crippen LogP) is 5.07. The molecule has 31 heavy (non-hydrogen) atoms. The molecular formula is C24H19ClN4O2. The highest BCUT2D eigenvalue weighted by molar-refractivity contribution is 6.33. The minimum absolute atomic E-state index is 0.293. The molecule has 0 spiro atoms. The third-order valence-corrected chi connectivity index (χ3v) is 4.82. The summed E-state index contributed by atoms with van der Waals surface area (Å²) in [6.07, 6.45) is 1.49. The Labute approximate surface area is 184 Å². The number of hydrogen-bond acceptors (Lipinski definition) is 4. The molecule has 0 saturated carbocycles. The number of carbonyl (C=O) groups is 1. The zero-order valence-electron chi connectivity index (χ0n) is 16.5. The van der Waals surface area contributed by atoms with Crippen LogP contribution >= 0.6 is 11.6 Å². The summed E-state index contributed by atoms with van der Waals surface area (Å²) < 4.78 is 5.87. The number of aromatic nitrogens is 2. The second-order valence-electron chi connectivity index (χ2n) is 6.69. The Morgan fingerprint density at radius 2 is 1.84 bits per heavy atom. The first-order chi connectivity index (χ1) is 15.2. The quantitative estimate of drug-likeness (QED) is 0.317. The van der Waals surface area contributed by atoms with Crippen molar-refractivity contribution in [3.8, 4) is 17.0 Å². The van der Waals surface area contributed by atoms with Crippen molar-refractivity contribution in [1.82, 2.24) is 15.6 Å². The van der Waals surface area contributed by atoms with Gasteiger partial charge in [0.2, 0.25) is 0 Å². The number of benzene rings is 3. The first-order valence-electron chi connectivity index (χ1n) is 9.59. The van der Waals surface area contributed by atoms with Crippen molar-refractivity contribution in [2.24, 2.45) is 5.10 Å². The van der Waals surface area contributed by atoms with Crippen molar-refractivity contribution in [2.75, 3.05) is 0 Å². The number of rotatable bonds is 7. The van der Waals surface area contributed by atoms with Crippen molar-refractivity contribution in [3.63, 3.8) is 0 Å². The molecule has 4 aromatic rings. The van der Waals surface area contributed by atoms with Gasteiger partial charge in [0.25, 0.3) is 5.91 Å². The zero-order chi connectivity index (χ0) is 21.5. The van der Waals surface area contributed by atoms with Gasteiger partial charge in [-0.2, -0.15) is 10.2 Å². The molecule has 0 aliphatic carbocycles. The number of hydrogen-bond donors (Lipinski definition) is 2. The lowest BCUT2D eigenvalue weighted by molar-refractivity contribution is 0.0950. The molecule has 2 N–H and O–H groups in total. The van der Waals surface area contributed by atoms with Crippen LogP contribution in [0.25, 0.3) is 11.3 Å². The van der Waals surface area contributed by atoms with Crippen LogP contribution in [0.4, 0.5) is 0 Å². The van der Waals surface area contributed by atoms with Crippen molar-refractivity contribution in [1.29, 1.82) is 0 Å². The maximum atomic E-state index is 12.3. The molecule has 0 aliphatic heterocycles. The fourth-order valence-corrected chi connectivity index (χ4v) is 3.06. The number of H-pyrrole nitrogens is 1. The van der Waals surface area contributed by atoms with E-state index in [1.54, 1.807) is 18.2 Å². The molecule has 0 unspecified atom stereocenters. The van der Waals surface area contributed by atoms with Crippen molar-refractivity contribution in [2.45, 2.75) is 6.61 Å². The Morgan fingerprint density at radius 1 is 1.03 bits per heavy atom. The first-order valence-corrected chi connectivity index (χ1v) is 9.97. The summed E-state index contributed by atoms with van der Waals surface area (Å²) in [4.78, 5) is 12.3. The standard InChI is InChI=1S/C24H19ClN4O2/c25-21-12-5-4-9-19(21)15-26-29-24(30)23-14-22(27-28-23)18-10-6-11-20(13-18)31-16-17-7-2-1-3-8-17/h1-15H,16H2,(H,27,28)(H,29,30)/b26-15-. The highest BCUT2D eigenvalue weighted by Crippen LogP contribution is 2.23. The van der Waals surface area contributed by atoms with E-state index in [9.17, 15) is 4.79 Å². The topological polar surface area (TPSA) is 79.4 Å². The van der Waals surface area contributed by atoms with E-state index in [4.69, 9.17) is 16.3 Å². The highest BCUT2D eigenvalue weighted by Gasteiger charge is 2.11. The molecule has 4 rings (SSSR count). The van der Waals surface area contributed by atoms with Crippen LogP contribution in [-0.2, 0) is 6.61 Å². The summed E-state index contributed by atoms with van der Waals surface area (Å²) in [6, 6.07) is 26.4. The lowest BCUT2D eigenvalue weighted by Crippen LogP contribution is -2.18. The van der Waals surface area contributed by atoms with Gasteiger partial charge in [0.1, 0.15) is 18.1 Å². The second kappa shape index (κ2) is 9.73. The fraction of sp³-hybridized carbons (Fsp3) is 0.0417. The number of nitrogens with one attached hydrogen (secondary N) is 2. The van der Waals surface area contributed by atoms with Crippen molar-refractivity contribution < 1.29 is 9.53 Å². The van der Waals surface area contributed by atoms with Crippen LogP contribution in [0.1, 0.15) is 21.6 Å². The molecule has 6 nitrogen and oxygen atoms in total. The molecule has 0 aliphatic rings. The van der Waals surface area contributed by atoms with Crippen LogP contribution in [0.15, 0.2) is 90.0 Å².